The highest BCUT2D eigenvalue weighted by atomic mass is 32.1. The highest BCUT2D eigenvalue weighted by molar-refractivity contribution is 7.13. The Morgan fingerprint density at radius 2 is 2.21 bits per heavy atom. The number of rotatable bonds is 4. The molecule has 3 N–H and O–H groups in total. The Kier molecular flexibility index (Phi) is 4.13. The summed E-state index contributed by atoms with van der Waals surface area (Å²) in [5.74, 6) is 5.66. The van der Waals surface area contributed by atoms with Gasteiger partial charge < -0.3 is 4.74 Å². The third-order valence-corrected chi connectivity index (χ3v) is 3.87. The Labute approximate surface area is 115 Å². The summed E-state index contributed by atoms with van der Waals surface area (Å²) in [4.78, 5) is 16.5. The van der Waals surface area contributed by atoms with Crippen LogP contribution in [-0.4, -0.2) is 18.0 Å². The molecule has 0 aliphatic heterocycles. The average molecular weight is 277 g/mol. The van der Waals surface area contributed by atoms with Crippen LogP contribution in [0, 0.1) is 6.92 Å². The summed E-state index contributed by atoms with van der Waals surface area (Å²) in [5.41, 5.74) is 3.86. The fraction of sp³-hybridized carbons (Fsp3) is 0.231. The molecule has 0 unspecified atom stereocenters. The van der Waals surface area contributed by atoms with Crippen molar-refractivity contribution in [3.05, 3.63) is 45.4 Å². The van der Waals surface area contributed by atoms with E-state index in [-0.39, 0.29) is 5.91 Å². The van der Waals surface area contributed by atoms with Crippen molar-refractivity contribution >= 4 is 17.2 Å². The molecule has 0 spiro atoms. The normalized spacial score (nSPS) is 10.3. The van der Waals surface area contributed by atoms with Crippen LogP contribution in [0.15, 0.2) is 24.3 Å². The number of carbonyl (C=O) groups is 1. The van der Waals surface area contributed by atoms with Crippen LogP contribution in [0.4, 0.5) is 0 Å². The van der Waals surface area contributed by atoms with Crippen molar-refractivity contribution in [1.29, 1.82) is 0 Å². The zero-order valence-corrected chi connectivity index (χ0v) is 11.6. The molecule has 0 aliphatic carbocycles. The van der Waals surface area contributed by atoms with Crippen molar-refractivity contribution in [2.75, 3.05) is 7.11 Å². The summed E-state index contributed by atoms with van der Waals surface area (Å²) in [6.07, 6.45) is 0.632. The Morgan fingerprint density at radius 3 is 2.89 bits per heavy atom. The van der Waals surface area contributed by atoms with Gasteiger partial charge >= 0.3 is 0 Å². The molecule has 19 heavy (non-hydrogen) atoms. The molecule has 0 saturated heterocycles. The molecule has 0 bridgehead atoms. The molecule has 0 aliphatic rings. The first-order valence-electron chi connectivity index (χ1n) is 5.75. The van der Waals surface area contributed by atoms with E-state index in [0.29, 0.717) is 17.0 Å². The van der Waals surface area contributed by atoms with E-state index >= 15 is 0 Å². The highest BCUT2D eigenvalue weighted by Gasteiger charge is 2.15. The van der Waals surface area contributed by atoms with E-state index in [9.17, 15) is 4.79 Å². The summed E-state index contributed by atoms with van der Waals surface area (Å²) in [6, 6.07) is 7.76. The van der Waals surface area contributed by atoms with Crippen LogP contribution >= 0.6 is 11.3 Å². The molecule has 0 saturated carbocycles. The molecule has 1 aromatic heterocycles. The Balaban J connectivity index is 2.27. The van der Waals surface area contributed by atoms with E-state index in [4.69, 9.17) is 10.6 Å². The quantitative estimate of drug-likeness (QED) is 0.506. The molecule has 1 aromatic carbocycles. The number of ether oxygens (including phenoxy) is 1. The van der Waals surface area contributed by atoms with Crippen LogP contribution in [0.1, 0.15) is 25.9 Å². The predicted molar refractivity (Wildman–Crippen MR) is 74.3 cm³/mol. The molecule has 1 heterocycles. The third kappa shape index (κ3) is 2.91. The lowest BCUT2D eigenvalue weighted by molar-refractivity contribution is 0.0957. The van der Waals surface area contributed by atoms with Crippen LogP contribution in [0.3, 0.4) is 0 Å². The van der Waals surface area contributed by atoms with Crippen LogP contribution < -0.4 is 16.0 Å². The fourth-order valence-corrected chi connectivity index (χ4v) is 2.81. The maximum atomic E-state index is 11.5. The number of nitrogen functional groups attached to an aromatic ring is 1. The van der Waals surface area contributed by atoms with E-state index in [0.717, 1.165) is 16.3 Å². The molecule has 1 amide bonds. The van der Waals surface area contributed by atoms with Gasteiger partial charge in [0.2, 0.25) is 0 Å². The van der Waals surface area contributed by atoms with Gasteiger partial charge in [-0.05, 0) is 13.0 Å². The SMILES string of the molecule is COc1ccccc1Cc1nc(C)c(C(=O)NN)s1. The molecule has 6 heteroatoms. The number of nitrogens with two attached hydrogens (primary N) is 1. The number of amides is 1. The van der Waals surface area contributed by atoms with Crippen molar-refractivity contribution < 1.29 is 9.53 Å². The number of hydrazine groups is 1. The number of thiazole rings is 1. The number of benzene rings is 1. The molecule has 2 rings (SSSR count). The first kappa shape index (κ1) is 13.5. The van der Waals surface area contributed by atoms with E-state index in [2.05, 4.69) is 10.4 Å². The summed E-state index contributed by atoms with van der Waals surface area (Å²) < 4.78 is 5.30. The molecule has 0 fully saturated rings. The summed E-state index contributed by atoms with van der Waals surface area (Å²) >= 11 is 1.35. The first-order chi connectivity index (χ1) is 9.15. The minimum absolute atomic E-state index is 0.304. The number of methoxy groups -OCH3 is 1. The van der Waals surface area contributed by atoms with Gasteiger partial charge in [-0.3, -0.25) is 10.2 Å². The lowest BCUT2D eigenvalue weighted by Crippen LogP contribution is -2.29. The molecule has 0 atom stereocenters. The van der Waals surface area contributed by atoms with Gasteiger partial charge in [0.05, 0.1) is 17.8 Å². The maximum absolute atomic E-state index is 11.5. The van der Waals surface area contributed by atoms with Gasteiger partial charge in [0.1, 0.15) is 10.6 Å². The van der Waals surface area contributed by atoms with E-state index < -0.39 is 0 Å². The predicted octanol–water partition coefficient (Wildman–Crippen LogP) is 1.65. The van der Waals surface area contributed by atoms with Crippen LogP contribution in [0.25, 0.3) is 0 Å². The number of para-hydroxylation sites is 1. The summed E-state index contributed by atoms with van der Waals surface area (Å²) in [5, 5.41) is 0.862. The van der Waals surface area contributed by atoms with Crippen molar-refractivity contribution in [2.24, 2.45) is 5.84 Å². The molecular formula is C13H15N3O2S. The minimum Gasteiger partial charge on any atom is -0.496 e. The van der Waals surface area contributed by atoms with Gasteiger partial charge in [-0.15, -0.1) is 11.3 Å². The van der Waals surface area contributed by atoms with Gasteiger partial charge in [0, 0.05) is 12.0 Å². The van der Waals surface area contributed by atoms with Crippen LogP contribution in [-0.2, 0) is 6.42 Å². The number of carbonyl (C=O) groups excluding carboxylic acids is 1. The zero-order valence-electron chi connectivity index (χ0n) is 10.8. The molecule has 5 nitrogen and oxygen atoms in total. The number of nitrogens with one attached hydrogen (secondary N) is 1. The second-order valence-electron chi connectivity index (χ2n) is 3.98. The fourth-order valence-electron chi connectivity index (χ4n) is 1.82. The zero-order chi connectivity index (χ0) is 13.8. The van der Waals surface area contributed by atoms with Gasteiger partial charge in [-0.1, -0.05) is 18.2 Å². The standard InChI is InChI=1S/C13H15N3O2S/c1-8-12(13(17)16-14)19-11(15-8)7-9-5-3-4-6-10(9)18-2/h3-6H,7,14H2,1-2H3,(H,16,17). The van der Waals surface area contributed by atoms with E-state index in [1.165, 1.54) is 11.3 Å². The second-order valence-corrected chi connectivity index (χ2v) is 5.07. The van der Waals surface area contributed by atoms with Crippen molar-refractivity contribution in [3.8, 4) is 5.75 Å². The lowest BCUT2D eigenvalue weighted by atomic mass is 10.1. The van der Waals surface area contributed by atoms with Gasteiger partial charge in [-0.25, -0.2) is 10.8 Å². The number of aryl methyl sites for hydroxylation is 1. The monoisotopic (exact) mass is 277 g/mol. The van der Waals surface area contributed by atoms with Gasteiger partial charge in [0.15, 0.2) is 0 Å². The Hall–Kier alpha value is -1.92. The Bertz CT molecular complexity index is 595. The third-order valence-electron chi connectivity index (χ3n) is 2.71. The van der Waals surface area contributed by atoms with E-state index in [1.54, 1.807) is 14.0 Å². The second kappa shape index (κ2) is 5.81. The minimum atomic E-state index is -0.304. The van der Waals surface area contributed by atoms with Crippen molar-refractivity contribution in [1.82, 2.24) is 10.4 Å². The molecule has 0 radical (unpaired) electrons. The number of aromatic nitrogens is 1. The molecule has 100 valence electrons. The van der Waals surface area contributed by atoms with Crippen molar-refractivity contribution in [2.45, 2.75) is 13.3 Å². The van der Waals surface area contributed by atoms with Gasteiger partial charge in [0.25, 0.3) is 5.91 Å². The highest BCUT2D eigenvalue weighted by Crippen LogP contribution is 2.25. The first-order valence-corrected chi connectivity index (χ1v) is 6.56. The number of hydrogen-bond acceptors (Lipinski definition) is 5. The summed E-state index contributed by atoms with van der Waals surface area (Å²) in [6.45, 7) is 1.80. The van der Waals surface area contributed by atoms with Gasteiger partial charge in [-0.2, -0.15) is 0 Å². The largest absolute Gasteiger partial charge is 0.496 e. The molecule has 2 aromatic rings. The van der Waals surface area contributed by atoms with Crippen molar-refractivity contribution in [3.63, 3.8) is 0 Å². The summed E-state index contributed by atoms with van der Waals surface area (Å²) in [7, 11) is 1.64. The van der Waals surface area contributed by atoms with Crippen LogP contribution in [0.5, 0.6) is 5.75 Å². The maximum Gasteiger partial charge on any atom is 0.277 e. The lowest BCUT2D eigenvalue weighted by Gasteiger charge is -2.05. The molecular weight excluding hydrogens is 262 g/mol. The number of nitrogens with zero attached hydrogens (tertiary/aromatic N) is 1. The number of hydrogen-bond donors (Lipinski definition) is 2. The average Bonchev–Trinajstić information content (AvgIpc) is 2.79. The van der Waals surface area contributed by atoms with E-state index in [1.807, 2.05) is 24.3 Å². The Morgan fingerprint density at radius 1 is 1.47 bits per heavy atom. The van der Waals surface area contributed by atoms with Crippen LogP contribution in [0.2, 0.25) is 0 Å². The topological polar surface area (TPSA) is 77.2 Å². The smallest absolute Gasteiger partial charge is 0.277 e.